The Labute approximate surface area is 96.3 Å². The quantitative estimate of drug-likeness (QED) is 0.853. The zero-order valence-corrected chi connectivity index (χ0v) is 9.41. The number of thiophene rings is 1. The lowest BCUT2D eigenvalue weighted by Crippen LogP contribution is -1.94. The van der Waals surface area contributed by atoms with Gasteiger partial charge in [0.1, 0.15) is 5.82 Å². The van der Waals surface area contributed by atoms with Crippen LogP contribution in [0.1, 0.15) is 4.88 Å². The molecule has 1 heterocycles. The van der Waals surface area contributed by atoms with Crippen LogP contribution < -0.4 is 5.73 Å². The lowest BCUT2D eigenvalue weighted by atomic mass is 10.1. The summed E-state index contributed by atoms with van der Waals surface area (Å²) in [5, 5.41) is 2.34. The molecule has 0 aliphatic rings. The van der Waals surface area contributed by atoms with E-state index in [2.05, 4.69) is 0 Å². The topological polar surface area (TPSA) is 26.0 Å². The molecule has 0 bridgehead atoms. The normalized spacial score (nSPS) is 10.6. The fourth-order valence-corrected chi connectivity index (χ4v) is 2.46. The SMILES string of the molecule is NCc1sccc1-c1cc(F)cc(Cl)c1. The van der Waals surface area contributed by atoms with E-state index in [1.807, 2.05) is 11.4 Å². The molecular weight excluding hydrogens is 233 g/mol. The van der Waals surface area contributed by atoms with Crippen molar-refractivity contribution in [3.05, 3.63) is 45.4 Å². The standard InChI is InChI=1S/C11H9ClFNS/c12-8-3-7(4-9(13)5-8)10-1-2-15-11(10)6-14/h1-5H,6,14H2. The summed E-state index contributed by atoms with van der Waals surface area (Å²) in [5.41, 5.74) is 7.33. The van der Waals surface area contributed by atoms with Gasteiger partial charge in [0, 0.05) is 16.4 Å². The molecule has 1 aromatic heterocycles. The van der Waals surface area contributed by atoms with Crippen molar-refractivity contribution in [1.29, 1.82) is 0 Å². The average molecular weight is 242 g/mol. The highest BCUT2D eigenvalue weighted by Gasteiger charge is 2.07. The largest absolute Gasteiger partial charge is 0.326 e. The first-order valence-electron chi connectivity index (χ1n) is 4.43. The Morgan fingerprint density at radius 2 is 2.13 bits per heavy atom. The molecule has 0 aliphatic heterocycles. The van der Waals surface area contributed by atoms with Gasteiger partial charge in [0.15, 0.2) is 0 Å². The molecule has 0 saturated carbocycles. The molecule has 2 aromatic rings. The van der Waals surface area contributed by atoms with Gasteiger partial charge in [-0.25, -0.2) is 4.39 Å². The predicted octanol–water partition coefficient (Wildman–Crippen LogP) is 3.67. The molecular formula is C11H9ClFNS. The maximum atomic E-state index is 13.1. The van der Waals surface area contributed by atoms with Crippen molar-refractivity contribution in [2.24, 2.45) is 5.73 Å². The van der Waals surface area contributed by atoms with Crippen LogP contribution in [0, 0.1) is 5.82 Å². The van der Waals surface area contributed by atoms with Gasteiger partial charge in [0.25, 0.3) is 0 Å². The average Bonchev–Trinajstić information content (AvgIpc) is 2.63. The van der Waals surface area contributed by atoms with Gasteiger partial charge >= 0.3 is 0 Å². The molecule has 0 unspecified atom stereocenters. The van der Waals surface area contributed by atoms with E-state index < -0.39 is 0 Å². The van der Waals surface area contributed by atoms with Crippen molar-refractivity contribution in [2.45, 2.75) is 6.54 Å². The zero-order valence-electron chi connectivity index (χ0n) is 7.84. The van der Waals surface area contributed by atoms with Crippen molar-refractivity contribution < 1.29 is 4.39 Å². The van der Waals surface area contributed by atoms with Crippen LogP contribution in [0.3, 0.4) is 0 Å². The van der Waals surface area contributed by atoms with Crippen LogP contribution in [0.4, 0.5) is 4.39 Å². The van der Waals surface area contributed by atoms with Crippen molar-refractivity contribution >= 4 is 22.9 Å². The summed E-state index contributed by atoms with van der Waals surface area (Å²) in [5.74, 6) is -0.327. The first-order valence-corrected chi connectivity index (χ1v) is 5.69. The summed E-state index contributed by atoms with van der Waals surface area (Å²) in [6.07, 6.45) is 0. The van der Waals surface area contributed by atoms with Gasteiger partial charge in [-0.15, -0.1) is 11.3 Å². The van der Waals surface area contributed by atoms with Gasteiger partial charge in [-0.3, -0.25) is 0 Å². The van der Waals surface area contributed by atoms with E-state index in [1.165, 1.54) is 12.1 Å². The summed E-state index contributed by atoms with van der Waals surface area (Å²) in [6.45, 7) is 0.459. The van der Waals surface area contributed by atoms with Crippen molar-refractivity contribution in [2.75, 3.05) is 0 Å². The van der Waals surface area contributed by atoms with E-state index in [0.29, 0.717) is 11.6 Å². The molecule has 0 spiro atoms. The van der Waals surface area contributed by atoms with Crippen molar-refractivity contribution in [3.8, 4) is 11.1 Å². The van der Waals surface area contributed by atoms with Crippen LogP contribution in [-0.2, 0) is 6.54 Å². The lowest BCUT2D eigenvalue weighted by Gasteiger charge is -2.03. The molecule has 2 N–H and O–H groups in total. The van der Waals surface area contributed by atoms with Gasteiger partial charge in [-0.05, 0) is 40.8 Å². The molecule has 78 valence electrons. The van der Waals surface area contributed by atoms with E-state index in [1.54, 1.807) is 17.4 Å². The van der Waals surface area contributed by atoms with E-state index in [4.69, 9.17) is 17.3 Å². The van der Waals surface area contributed by atoms with Gasteiger partial charge in [0.05, 0.1) is 0 Å². The third-order valence-electron chi connectivity index (χ3n) is 2.10. The highest BCUT2D eigenvalue weighted by atomic mass is 35.5. The van der Waals surface area contributed by atoms with Crippen LogP contribution in [0.5, 0.6) is 0 Å². The van der Waals surface area contributed by atoms with Crippen molar-refractivity contribution in [3.63, 3.8) is 0 Å². The summed E-state index contributed by atoms with van der Waals surface area (Å²) in [7, 11) is 0. The Hall–Kier alpha value is -0.900. The Kier molecular flexibility index (Phi) is 3.05. The molecule has 0 fully saturated rings. The molecule has 0 amide bonds. The van der Waals surface area contributed by atoms with Crippen molar-refractivity contribution in [1.82, 2.24) is 0 Å². The zero-order chi connectivity index (χ0) is 10.8. The summed E-state index contributed by atoms with van der Waals surface area (Å²) >= 11 is 7.36. The second-order valence-electron chi connectivity index (χ2n) is 3.12. The number of hydrogen-bond acceptors (Lipinski definition) is 2. The summed E-state index contributed by atoms with van der Waals surface area (Å²) in [6, 6.07) is 6.43. The lowest BCUT2D eigenvalue weighted by molar-refractivity contribution is 0.628. The Morgan fingerprint density at radius 3 is 2.80 bits per heavy atom. The molecule has 4 heteroatoms. The molecule has 0 saturated heterocycles. The first-order chi connectivity index (χ1) is 7.20. The van der Waals surface area contributed by atoms with E-state index >= 15 is 0 Å². The number of hydrogen-bond donors (Lipinski definition) is 1. The minimum Gasteiger partial charge on any atom is -0.326 e. The molecule has 0 atom stereocenters. The van der Waals surface area contributed by atoms with Crippen LogP contribution in [0.15, 0.2) is 29.6 Å². The molecule has 0 aliphatic carbocycles. The van der Waals surface area contributed by atoms with E-state index in [0.717, 1.165) is 16.0 Å². The van der Waals surface area contributed by atoms with E-state index in [-0.39, 0.29) is 5.82 Å². The van der Waals surface area contributed by atoms with Gasteiger partial charge in [-0.2, -0.15) is 0 Å². The molecule has 1 aromatic carbocycles. The minimum atomic E-state index is -0.327. The second-order valence-corrected chi connectivity index (χ2v) is 4.56. The first kappa shape index (κ1) is 10.6. The van der Waals surface area contributed by atoms with Gasteiger partial charge < -0.3 is 5.73 Å². The summed E-state index contributed by atoms with van der Waals surface area (Å²) < 4.78 is 13.1. The Bertz CT molecular complexity index is 461. The fraction of sp³-hybridized carbons (Fsp3) is 0.0909. The predicted molar refractivity (Wildman–Crippen MR) is 62.6 cm³/mol. The van der Waals surface area contributed by atoms with Crippen LogP contribution in [0.2, 0.25) is 5.02 Å². The highest BCUT2D eigenvalue weighted by Crippen LogP contribution is 2.30. The fourth-order valence-electron chi connectivity index (χ4n) is 1.47. The number of benzene rings is 1. The Balaban J connectivity index is 2.53. The van der Waals surface area contributed by atoms with Gasteiger partial charge in [-0.1, -0.05) is 11.6 Å². The smallest absolute Gasteiger partial charge is 0.125 e. The maximum absolute atomic E-state index is 13.1. The molecule has 15 heavy (non-hydrogen) atoms. The van der Waals surface area contributed by atoms with Gasteiger partial charge in [0.2, 0.25) is 0 Å². The molecule has 1 nitrogen and oxygen atoms in total. The second kappa shape index (κ2) is 4.31. The minimum absolute atomic E-state index is 0.327. The van der Waals surface area contributed by atoms with Crippen LogP contribution in [0.25, 0.3) is 11.1 Å². The van der Waals surface area contributed by atoms with Crippen LogP contribution >= 0.6 is 22.9 Å². The highest BCUT2D eigenvalue weighted by molar-refractivity contribution is 7.10. The monoisotopic (exact) mass is 241 g/mol. The number of halogens is 2. The Morgan fingerprint density at radius 1 is 1.33 bits per heavy atom. The van der Waals surface area contributed by atoms with Crippen LogP contribution in [-0.4, -0.2) is 0 Å². The maximum Gasteiger partial charge on any atom is 0.125 e. The summed E-state index contributed by atoms with van der Waals surface area (Å²) in [4.78, 5) is 1.04. The number of rotatable bonds is 2. The molecule has 0 radical (unpaired) electrons. The third kappa shape index (κ3) is 2.20. The number of nitrogens with two attached hydrogens (primary N) is 1. The van der Waals surface area contributed by atoms with E-state index in [9.17, 15) is 4.39 Å². The third-order valence-corrected chi connectivity index (χ3v) is 3.27. The molecule has 2 rings (SSSR count).